The van der Waals surface area contributed by atoms with Gasteiger partial charge in [0.1, 0.15) is 6.26 Å². The van der Waals surface area contributed by atoms with Crippen molar-refractivity contribution < 1.29 is 9.21 Å². The molecule has 14 heavy (non-hydrogen) atoms. The number of amides is 1. The molecule has 0 aliphatic rings. The van der Waals surface area contributed by atoms with E-state index in [1.54, 1.807) is 18.0 Å². The fourth-order valence-electron chi connectivity index (χ4n) is 1.02. The third-order valence-corrected chi connectivity index (χ3v) is 2.27. The number of carbonyl (C=O) groups is 1. The van der Waals surface area contributed by atoms with Crippen LogP contribution in [-0.4, -0.2) is 38.0 Å². The molecule has 1 amide bonds. The molecule has 1 aromatic heterocycles. The lowest BCUT2D eigenvalue weighted by molar-refractivity contribution is 0.0796. The van der Waals surface area contributed by atoms with E-state index in [0.717, 1.165) is 6.54 Å². The van der Waals surface area contributed by atoms with Crippen LogP contribution in [0.1, 0.15) is 10.4 Å². The summed E-state index contributed by atoms with van der Waals surface area (Å²) >= 11 is 3.15. The summed E-state index contributed by atoms with van der Waals surface area (Å²) in [5.74, 6) is -0.0327. The van der Waals surface area contributed by atoms with Gasteiger partial charge in [0.2, 0.25) is 0 Å². The second-order valence-electron chi connectivity index (χ2n) is 2.97. The third-order valence-electron chi connectivity index (χ3n) is 1.86. The maximum atomic E-state index is 11.7. The molecule has 0 spiro atoms. The van der Waals surface area contributed by atoms with Crippen LogP contribution in [0.5, 0.6) is 0 Å². The molecule has 0 saturated heterocycles. The Morgan fingerprint density at radius 3 is 2.93 bits per heavy atom. The molecule has 0 fully saturated rings. The molecule has 1 aromatic rings. The molecule has 0 bridgehead atoms. The Morgan fingerprint density at radius 1 is 1.71 bits per heavy atom. The van der Waals surface area contributed by atoms with E-state index in [-0.39, 0.29) is 5.91 Å². The predicted octanol–water partition coefficient (Wildman–Crippen LogP) is 1.33. The maximum absolute atomic E-state index is 11.7. The number of halogens is 1. The van der Waals surface area contributed by atoms with Crippen molar-refractivity contribution in [1.29, 1.82) is 0 Å². The van der Waals surface area contributed by atoms with Crippen LogP contribution in [0.15, 0.2) is 21.4 Å². The SMILES string of the molecule is CNCCN(C)C(=O)c1coc(Br)c1. The number of likely N-dealkylation sites (N-methyl/N-ethyl adjacent to an activating group) is 2. The second-order valence-corrected chi connectivity index (χ2v) is 3.75. The standard InChI is InChI=1S/C9H13BrN2O2/c1-11-3-4-12(2)9(13)7-5-8(10)14-6-7/h5-6,11H,3-4H2,1-2H3. The summed E-state index contributed by atoms with van der Waals surface area (Å²) in [7, 11) is 3.62. The van der Waals surface area contributed by atoms with Crippen molar-refractivity contribution in [2.75, 3.05) is 27.2 Å². The van der Waals surface area contributed by atoms with Crippen LogP contribution in [-0.2, 0) is 0 Å². The van der Waals surface area contributed by atoms with Gasteiger partial charge in [-0.2, -0.15) is 0 Å². The molecule has 0 saturated carbocycles. The highest BCUT2D eigenvalue weighted by Gasteiger charge is 2.13. The molecular formula is C9H13BrN2O2. The first-order chi connectivity index (χ1) is 6.65. The Hall–Kier alpha value is -0.810. The summed E-state index contributed by atoms with van der Waals surface area (Å²) in [6.07, 6.45) is 1.45. The topological polar surface area (TPSA) is 45.5 Å². The van der Waals surface area contributed by atoms with Crippen LogP contribution in [0.3, 0.4) is 0 Å². The van der Waals surface area contributed by atoms with Crippen molar-refractivity contribution in [2.45, 2.75) is 0 Å². The van der Waals surface area contributed by atoms with Gasteiger partial charge >= 0.3 is 0 Å². The van der Waals surface area contributed by atoms with E-state index in [1.165, 1.54) is 6.26 Å². The molecular weight excluding hydrogens is 248 g/mol. The maximum Gasteiger partial charge on any atom is 0.256 e. The van der Waals surface area contributed by atoms with Gasteiger partial charge in [-0.05, 0) is 23.0 Å². The second kappa shape index (κ2) is 5.17. The predicted molar refractivity (Wildman–Crippen MR) is 57.3 cm³/mol. The van der Waals surface area contributed by atoms with Gasteiger partial charge in [-0.15, -0.1) is 0 Å². The number of furan rings is 1. The third kappa shape index (κ3) is 2.85. The molecule has 4 nitrogen and oxygen atoms in total. The van der Waals surface area contributed by atoms with Crippen LogP contribution >= 0.6 is 15.9 Å². The van der Waals surface area contributed by atoms with E-state index in [9.17, 15) is 4.79 Å². The van der Waals surface area contributed by atoms with Crippen LogP contribution in [0.2, 0.25) is 0 Å². The molecule has 0 aromatic carbocycles. The molecule has 1 N–H and O–H groups in total. The van der Waals surface area contributed by atoms with Gasteiger partial charge in [0.25, 0.3) is 5.91 Å². The van der Waals surface area contributed by atoms with Crippen LogP contribution in [0.25, 0.3) is 0 Å². The van der Waals surface area contributed by atoms with E-state index in [2.05, 4.69) is 21.2 Å². The van der Waals surface area contributed by atoms with Gasteiger partial charge in [-0.3, -0.25) is 4.79 Å². The van der Waals surface area contributed by atoms with E-state index in [4.69, 9.17) is 4.42 Å². The largest absolute Gasteiger partial charge is 0.457 e. The highest BCUT2D eigenvalue weighted by Crippen LogP contribution is 2.15. The highest BCUT2D eigenvalue weighted by atomic mass is 79.9. The fourth-order valence-corrected chi connectivity index (χ4v) is 1.36. The summed E-state index contributed by atoms with van der Waals surface area (Å²) in [6.45, 7) is 1.46. The van der Waals surface area contributed by atoms with Gasteiger partial charge in [-0.25, -0.2) is 0 Å². The van der Waals surface area contributed by atoms with Crippen molar-refractivity contribution in [2.24, 2.45) is 0 Å². The molecule has 78 valence electrons. The number of hydrogen-bond acceptors (Lipinski definition) is 3. The molecule has 0 atom stereocenters. The molecule has 1 rings (SSSR count). The molecule has 0 aliphatic carbocycles. The van der Waals surface area contributed by atoms with Crippen molar-refractivity contribution in [3.8, 4) is 0 Å². The Morgan fingerprint density at radius 2 is 2.43 bits per heavy atom. The number of hydrogen-bond donors (Lipinski definition) is 1. The number of nitrogens with one attached hydrogen (secondary N) is 1. The number of carbonyl (C=O) groups excluding carboxylic acids is 1. The summed E-state index contributed by atoms with van der Waals surface area (Å²) in [6, 6.07) is 1.66. The lowest BCUT2D eigenvalue weighted by atomic mass is 10.3. The minimum atomic E-state index is -0.0327. The first-order valence-electron chi connectivity index (χ1n) is 4.29. The van der Waals surface area contributed by atoms with Crippen molar-refractivity contribution in [3.05, 3.63) is 22.6 Å². The van der Waals surface area contributed by atoms with Crippen LogP contribution in [0.4, 0.5) is 0 Å². The highest BCUT2D eigenvalue weighted by molar-refractivity contribution is 9.10. The van der Waals surface area contributed by atoms with E-state index in [1.807, 2.05) is 7.05 Å². The summed E-state index contributed by atoms with van der Waals surface area (Å²) in [4.78, 5) is 13.3. The lowest BCUT2D eigenvalue weighted by Gasteiger charge is -2.15. The number of nitrogens with zero attached hydrogens (tertiary/aromatic N) is 1. The number of rotatable bonds is 4. The Kier molecular flexibility index (Phi) is 4.16. The smallest absolute Gasteiger partial charge is 0.256 e. The zero-order valence-corrected chi connectivity index (χ0v) is 9.80. The Bertz CT molecular complexity index is 312. The lowest BCUT2D eigenvalue weighted by Crippen LogP contribution is -2.32. The van der Waals surface area contributed by atoms with E-state index in [0.29, 0.717) is 16.8 Å². The normalized spacial score (nSPS) is 10.2. The zero-order chi connectivity index (χ0) is 10.6. The average Bonchev–Trinajstić information content (AvgIpc) is 2.60. The van der Waals surface area contributed by atoms with Crippen LogP contribution in [0, 0.1) is 0 Å². The quantitative estimate of drug-likeness (QED) is 0.889. The Balaban J connectivity index is 2.56. The zero-order valence-electron chi connectivity index (χ0n) is 8.21. The molecule has 0 aliphatic heterocycles. The minimum Gasteiger partial charge on any atom is -0.457 e. The van der Waals surface area contributed by atoms with Crippen LogP contribution < -0.4 is 5.32 Å². The van der Waals surface area contributed by atoms with Gasteiger partial charge in [0.05, 0.1) is 5.56 Å². The van der Waals surface area contributed by atoms with E-state index < -0.39 is 0 Å². The summed E-state index contributed by atoms with van der Waals surface area (Å²) in [5, 5.41) is 2.98. The molecule has 1 heterocycles. The monoisotopic (exact) mass is 260 g/mol. The van der Waals surface area contributed by atoms with Crippen molar-refractivity contribution >= 4 is 21.8 Å². The average molecular weight is 261 g/mol. The summed E-state index contributed by atoms with van der Waals surface area (Å²) < 4.78 is 5.57. The first-order valence-corrected chi connectivity index (χ1v) is 5.08. The Labute approximate surface area is 91.4 Å². The fraction of sp³-hybridized carbons (Fsp3) is 0.444. The van der Waals surface area contributed by atoms with Gasteiger partial charge < -0.3 is 14.6 Å². The first kappa shape index (κ1) is 11.3. The molecule has 0 unspecified atom stereocenters. The van der Waals surface area contributed by atoms with Gasteiger partial charge in [0.15, 0.2) is 4.67 Å². The van der Waals surface area contributed by atoms with E-state index >= 15 is 0 Å². The molecule has 0 radical (unpaired) electrons. The van der Waals surface area contributed by atoms with Crippen molar-refractivity contribution in [3.63, 3.8) is 0 Å². The van der Waals surface area contributed by atoms with Gasteiger partial charge in [0, 0.05) is 26.2 Å². The molecule has 5 heteroatoms. The van der Waals surface area contributed by atoms with Crippen molar-refractivity contribution in [1.82, 2.24) is 10.2 Å². The summed E-state index contributed by atoms with van der Waals surface area (Å²) in [5.41, 5.74) is 0.565. The minimum absolute atomic E-state index is 0.0327. The van der Waals surface area contributed by atoms with Gasteiger partial charge in [-0.1, -0.05) is 0 Å².